The fourth-order valence-corrected chi connectivity index (χ4v) is 5.19. The van der Waals surface area contributed by atoms with Crippen molar-refractivity contribution in [2.24, 2.45) is 5.41 Å². The van der Waals surface area contributed by atoms with Crippen LogP contribution in [0, 0.1) is 10.8 Å². The molecule has 0 rings (SSSR count). The lowest BCUT2D eigenvalue weighted by Gasteiger charge is -2.39. The van der Waals surface area contributed by atoms with Crippen molar-refractivity contribution in [3.8, 4) is 0 Å². The zero-order valence-corrected chi connectivity index (χ0v) is 11.9. The van der Waals surface area contributed by atoms with Crippen molar-refractivity contribution < 1.29 is 0 Å². The normalized spacial score (nSPS) is 15.8. The van der Waals surface area contributed by atoms with E-state index in [9.17, 15) is 0 Å². The predicted octanol–water partition coefficient (Wildman–Crippen LogP) is 4.70. The minimum atomic E-state index is -0.327. The number of nitrogens with one attached hydrogen (secondary N) is 1. The smallest absolute Gasteiger partial charge is 0.0379 e. The fourth-order valence-electron chi connectivity index (χ4n) is 1.73. The topological polar surface area (TPSA) is 23.9 Å². The minimum absolute atomic E-state index is 0.0310. The molecule has 0 aromatic rings. The molecule has 1 N–H and O–H groups in total. The molecule has 0 fully saturated rings. The second-order valence-corrected chi connectivity index (χ2v) is 9.79. The first-order chi connectivity index (χ1) is 5.98. The summed E-state index contributed by atoms with van der Waals surface area (Å²) in [5, 5.41) is 8.57. The molecule has 1 atom stereocenters. The molecule has 0 aromatic carbocycles. The summed E-state index contributed by atoms with van der Waals surface area (Å²) in [5.41, 5.74) is 1.59. The fraction of sp³-hybridized carbons (Fsp3) is 0.917. The van der Waals surface area contributed by atoms with Gasteiger partial charge in [-0.1, -0.05) is 63.3 Å². The maximum Gasteiger partial charge on any atom is 0.0379 e. The third kappa shape index (κ3) is 3.69. The lowest BCUT2D eigenvalue weighted by molar-refractivity contribution is 0.594. The van der Waals surface area contributed by atoms with Gasteiger partial charge in [-0.2, -0.15) is 0 Å². The summed E-state index contributed by atoms with van der Waals surface area (Å²) >= 11 is 0. The van der Waals surface area contributed by atoms with Crippen molar-refractivity contribution in [2.75, 3.05) is 0 Å². The van der Waals surface area contributed by atoms with Gasteiger partial charge in [-0.05, 0) is 10.8 Å². The van der Waals surface area contributed by atoms with Gasteiger partial charge in [-0.3, -0.25) is 0 Å². The van der Waals surface area contributed by atoms with Crippen molar-refractivity contribution in [2.45, 2.75) is 66.2 Å². The van der Waals surface area contributed by atoms with Gasteiger partial charge in [0.05, 0.1) is 0 Å². The van der Waals surface area contributed by atoms with Crippen molar-refractivity contribution in [3.63, 3.8) is 0 Å². The Labute approximate surface area is 90.9 Å². The quantitative estimate of drug-likeness (QED) is 0.510. The molecule has 1 unspecified atom stereocenters. The van der Waals surface area contributed by atoms with Crippen LogP contribution in [0.4, 0.5) is 0 Å². The second kappa shape index (κ2) is 4.31. The average Bonchev–Trinajstić information content (AvgIpc) is 1.79. The Balaban J connectivity index is 4.97. The van der Waals surface area contributed by atoms with Crippen LogP contribution < -0.4 is 0 Å². The van der Waals surface area contributed by atoms with E-state index in [1.54, 1.807) is 0 Å². The maximum atomic E-state index is 8.31. The van der Waals surface area contributed by atoms with E-state index in [4.69, 9.17) is 5.41 Å². The Morgan fingerprint density at radius 2 is 1.36 bits per heavy atom. The van der Waals surface area contributed by atoms with Gasteiger partial charge in [-0.25, -0.2) is 0 Å². The van der Waals surface area contributed by atoms with Crippen LogP contribution in [0.2, 0.25) is 0 Å². The van der Waals surface area contributed by atoms with Crippen molar-refractivity contribution >= 4 is 13.4 Å². The third-order valence-corrected chi connectivity index (χ3v) is 5.82. The molecule has 0 saturated carbocycles. The molecule has 0 aromatic heterocycles. The van der Waals surface area contributed by atoms with Gasteiger partial charge in [0, 0.05) is 10.9 Å². The van der Waals surface area contributed by atoms with E-state index in [0.29, 0.717) is 5.66 Å². The highest BCUT2D eigenvalue weighted by atomic mass is 31.1. The van der Waals surface area contributed by atoms with Gasteiger partial charge < -0.3 is 5.41 Å². The van der Waals surface area contributed by atoms with Gasteiger partial charge in [0.1, 0.15) is 0 Å². The van der Waals surface area contributed by atoms with Gasteiger partial charge in [-0.15, -0.1) is 0 Å². The van der Waals surface area contributed by atoms with E-state index in [2.05, 4.69) is 55.4 Å². The van der Waals surface area contributed by atoms with Gasteiger partial charge in [0.15, 0.2) is 0 Å². The van der Waals surface area contributed by atoms with Crippen molar-refractivity contribution in [3.05, 3.63) is 0 Å². The van der Waals surface area contributed by atoms with Crippen LogP contribution in [-0.2, 0) is 0 Å². The molecule has 0 spiro atoms. The largest absolute Gasteiger partial charge is 0.304 e. The summed E-state index contributed by atoms with van der Waals surface area (Å²) in [6, 6.07) is 0. The van der Waals surface area contributed by atoms with Crippen LogP contribution in [0.5, 0.6) is 0 Å². The van der Waals surface area contributed by atoms with E-state index < -0.39 is 0 Å². The van der Waals surface area contributed by atoms with Crippen molar-refractivity contribution in [1.82, 2.24) is 0 Å². The van der Waals surface area contributed by atoms with Gasteiger partial charge >= 0.3 is 0 Å². The zero-order valence-electron chi connectivity index (χ0n) is 11.0. The first kappa shape index (κ1) is 14.1. The number of hydrogen-bond acceptors (Lipinski definition) is 1. The first-order valence-electron chi connectivity index (χ1n) is 5.36. The Kier molecular flexibility index (Phi) is 4.34. The van der Waals surface area contributed by atoms with E-state index in [0.717, 1.165) is 5.45 Å². The summed E-state index contributed by atoms with van der Waals surface area (Å²) in [4.78, 5) is 0. The summed E-state index contributed by atoms with van der Waals surface area (Å²) in [6.07, 6.45) is 0. The lowest BCUT2D eigenvalue weighted by atomic mass is 9.99. The lowest BCUT2D eigenvalue weighted by Crippen LogP contribution is -2.29. The molecule has 84 valence electrons. The Bertz CT molecular complexity index is 205. The van der Waals surface area contributed by atoms with E-state index in [1.807, 2.05) is 0 Å². The first-order valence-corrected chi connectivity index (χ1v) is 6.77. The van der Waals surface area contributed by atoms with E-state index in [-0.39, 0.29) is 18.5 Å². The molecular weight excluding hydrogens is 189 g/mol. The van der Waals surface area contributed by atoms with Crippen LogP contribution in [0.15, 0.2) is 0 Å². The maximum absolute atomic E-state index is 8.31. The molecular formula is C12H26NP. The van der Waals surface area contributed by atoms with Crippen molar-refractivity contribution in [1.29, 1.82) is 5.41 Å². The molecule has 0 amide bonds. The predicted molar refractivity (Wildman–Crippen MR) is 69.0 cm³/mol. The Morgan fingerprint density at radius 1 is 1.00 bits per heavy atom. The Hall–Kier alpha value is 0.100. The Morgan fingerprint density at radius 3 is 1.43 bits per heavy atom. The molecule has 14 heavy (non-hydrogen) atoms. The summed E-state index contributed by atoms with van der Waals surface area (Å²) in [7, 11) is -0.327. The number of hydrogen-bond donors (Lipinski definition) is 1. The van der Waals surface area contributed by atoms with Crippen LogP contribution in [0.3, 0.4) is 0 Å². The third-order valence-electron chi connectivity index (χ3n) is 2.19. The standard InChI is InChI=1S/C12H26NP/c1-9(2)14(12(6,7)8)10(13)11(3,4)5/h9,13H,1-8H3. The number of rotatable bonds is 2. The van der Waals surface area contributed by atoms with Gasteiger partial charge in [0.2, 0.25) is 0 Å². The monoisotopic (exact) mass is 215 g/mol. The molecule has 0 saturated heterocycles. The molecule has 0 aliphatic heterocycles. The highest BCUT2D eigenvalue weighted by Crippen LogP contribution is 2.57. The van der Waals surface area contributed by atoms with Crippen LogP contribution in [0.1, 0.15) is 55.4 Å². The van der Waals surface area contributed by atoms with Crippen LogP contribution >= 0.6 is 7.92 Å². The molecule has 0 bridgehead atoms. The second-order valence-electron chi connectivity index (χ2n) is 6.23. The molecule has 0 heterocycles. The highest BCUT2D eigenvalue weighted by molar-refractivity contribution is 7.77. The average molecular weight is 215 g/mol. The molecule has 0 radical (unpaired) electrons. The molecule has 0 aliphatic carbocycles. The van der Waals surface area contributed by atoms with E-state index >= 15 is 0 Å². The summed E-state index contributed by atoms with van der Waals surface area (Å²) in [6.45, 7) is 17.7. The molecule has 0 aliphatic rings. The zero-order chi connectivity index (χ0) is 11.7. The molecule has 1 nitrogen and oxygen atoms in total. The van der Waals surface area contributed by atoms with Crippen LogP contribution in [0.25, 0.3) is 0 Å². The minimum Gasteiger partial charge on any atom is -0.304 e. The highest BCUT2D eigenvalue weighted by Gasteiger charge is 2.35. The van der Waals surface area contributed by atoms with E-state index in [1.165, 1.54) is 0 Å². The van der Waals surface area contributed by atoms with Crippen LogP contribution in [-0.4, -0.2) is 16.3 Å². The summed E-state index contributed by atoms with van der Waals surface area (Å²) in [5.74, 6) is 0. The summed E-state index contributed by atoms with van der Waals surface area (Å²) < 4.78 is 0. The van der Waals surface area contributed by atoms with Gasteiger partial charge in [0.25, 0.3) is 0 Å². The molecule has 2 heteroatoms. The SMILES string of the molecule is CC(C)P(C(=N)C(C)(C)C)C(C)(C)C.